The maximum absolute atomic E-state index is 11.4. The van der Waals surface area contributed by atoms with Gasteiger partial charge in [0.05, 0.1) is 5.75 Å². The molecule has 0 aromatic heterocycles. The molecule has 0 saturated carbocycles. The summed E-state index contributed by atoms with van der Waals surface area (Å²) in [6.45, 7) is 3.83. The lowest BCUT2D eigenvalue weighted by atomic mass is 10.1. The Bertz CT molecular complexity index is 298. The Balaban J connectivity index is 3.90. The summed E-state index contributed by atoms with van der Waals surface area (Å²) in [6, 6.07) is -0.119. The highest BCUT2D eigenvalue weighted by Gasteiger charge is 2.14. The Morgan fingerprint density at radius 2 is 1.81 bits per heavy atom. The minimum absolute atomic E-state index is 0.0292. The van der Waals surface area contributed by atoms with Crippen molar-refractivity contribution >= 4 is 15.6 Å². The van der Waals surface area contributed by atoms with Gasteiger partial charge >= 0.3 is 0 Å². The lowest BCUT2D eigenvalue weighted by Gasteiger charge is -2.08. The van der Waals surface area contributed by atoms with Crippen LogP contribution in [-0.4, -0.2) is 31.7 Å². The average molecular weight is 249 g/mol. The maximum Gasteiger partial charge on any atom is 0.150 e. The zero-order valence-electron chi connectivity index (χ0n) is 10.2. The molecule has 0 aliphatic carbocycles. The van der Waals surface area contributed by atoms with Crippen molar-refractivity contribution in [3.05, 3.63) is 0 Å². The van der Waals surface area contributed by atoms with Gasteiger partial charge in [0, 0.05) is 24.6 Å². The van der Waals surface area contributed by atoms with Gasteiger partial charge in [-0.2, -0.15) is 0 Å². The number of carbonyl (C=O) groups excluding carboxylic acids is 1. The van der Waals surface area contributed by atoms with E-state index in [2.05, 4.69) is 0 Å². The number of carbonyl (C=O) groups is 1. The van der Waals surface area contributed by atoms with E-state index in [1.165, 1.54) is 0 Å². The van der Waals surface area contributed by atoms with Crippen LogP contribution in [0.2, 0.25) is 0 Å². The molecule has 4 nitrogen and oxygen atoms in total. The molecule has 5 heteroatoms. The zero-order chi connectivity index (χ0) is 12.6. The SMILES string of the molecule is CCCC(N)CC(=O)CCS(=O)(=O)CCC. The van der Waals surface area contributed by atoms with Crippen LogP contribution in [0.3, 0.4) is 0 Å². The Hall–Kier alpha value is -0.420. The van der Waals surface area contributed by atoms with Crippen LogP contribution in [0, 0.1) is 0 Å². The molecular weight excluding hydrogens is 226 g/mol. The predicted octanol–water partition coefficient (Wildman–Crippen LogP) is 1.29. The molecule has 0 bridgehead atoms. The van der Waals surface area contributed by atoms with Gasteiger partial charge in [0.15, 0.2) is 9.84 Å². The normalized spacial score (nSPS) is 13.7. The van der Waals surface area contributed by atoms with E-state index in [1.54, 1.807) is 0 Å². The Morgan fingerprint density at radius 3 is 2.31 bits per heavy atom. The molecule has 0 heterocycles. The van der Waals surface area contributed by atoms with Gasteiger partial charge in [-0.25, -0.2) is 8.42 Å². The average Bonchev–Trinajstić information content (AvgIpc) is 2.15. The van der Waals surface area contributed by atoms with Crippen molar-refractivity contribution in [2.24, 2.45) is 5.73 Å². The Labute approximate surface area is 98.5 Å². The van der Waals surface area contributed by atoms with Gasteiger partial charge in [-0.15, -0.1) is 0 Å². The first-order valence-corrected chi connectivity index (χ1v) is 7.71. The fourth-order valence-corrected chi connectivity index (χ4v) is 2.91. The smallest absolute Gasteiger partial charge is 0.150 e. The first-order chi connectivity index (χ1) is 7.41. The standard InChI is InChI=1S/C11H23NO3S/c1-3-5-10(12)9-11(13)6-8-16(14,15)7-4-2/h10H,3-9,12H2,1-2H3. The molecule has 0 amide bonds. The third-order valence-corrected chi connectivity index (χ3v) is 4.21. The molecule has 0 saturated heterocycles. The molecule has 0 rings (SSSR count). The molecule has 0 aliphatic rings. The molecule has 16 heavy (non-hydrogen) atoms. The Kier molecular flexibility index (Phi) is 7.58. The summed E-state index contributed by atoms with van der Waals surface area (Å²) in [6.07, 6.45) is 2.77. The summed E-state index contributed by atoms with van der Waals surface area (Å²) in [7, 11) is -3.04. The van der Waals surface area contributed by atoms with Gasteiger partial charge in [-0.05, 0) is 12.8 Å². The van der Waals surface area contributed by atoms with E-state index in [9.17, 15) is 13.2 Å². The minimum atomic E-state index is -3.04. The van der Waals surface area contributed by atoms with Gasteiger partial charge in [0.25, 0.3) is 0 Å². The van der Waals surface area contributed by atoms with E-state index in [4.69, 9.17) is 5.73 Å². The molecule has 2 N–H and O–H groups in total. The van der Waals surface area contributed by atoms with E-state index in [-0.39, 0.29) is 29.8 Å². The van der Waals surface area contributed by atoms with Crippen molar-refractivity contribution in [2.75, 3.05) is 11.5 Å². The molecule has 1 unspecified atom stereocenters. The highest BCUT2D eigenvalue weighted by molar-refractivity contribution is 7.91. The Morgan fingerprint density at radius 1 is 1.19 bits per heavy atom. The summed E-state index contributed by atoms with van der Waals surface area (Å²) in [5.41, 5.74) is 5.71. The second-order valence-corrected chi connectivity index (χ2v) is 6.50. The van der Waals surface area contributed by atoms with E-state index in [0.717, 1.165) is 12.8 Å². The lowest BCUT2D eigenvalue weighted by Crippen LogP contribution is -2.24. The quantitative estimate of drug-likeness (QED) is 0.668. The van der Waals surface area contributed by atoms with Crippen molar-refractivity contribution in [1.29, 1.82) is 0 Å². The van der Waals surface area contributed by atoms with Crippen LogP contribution in [0.4, 0.5) is 0 Å². The third-order valence-electron chi connectivity index (χ3n) is 2.36. The van der Waals surface area contributed by atoms with Crippen molar-refractivity contribution in [2.45, 2.75) is 52.0 Å². The first-order valence-electron chi connectivity index (χ1n) is 5.89. The molecule has 1 atom stereocenters. The fraction of sp³-hybridized carbons (Fsp3) is 0.909. The number of hydrogen-bond acceptors (Lipinski definition) is 4. The topological polar surface area (TPSA) is 77.2 Å². The summed E-state index contributed by atoms with van der Waals surface area (Å²) < 4.78 is 22.7. The van der Waals surface area contributed by atoms with E-state index >= 15 is 0 Å². The van der Waals surface area contributed by atoms with Crippen LogP contribution >= 0.6 is 0 Å². The highest BCUT2D eigenvalue weighted by Crippen LogP contribution is 2.04. The summed E-state index contributed by atoms with van der Waals surface area (Å²) >= 11 is 0. The van der Waals surface area contributed by atoms with Crippen LogP contribution in [0.15, 0.2) is 0 Å². The number of rotatable bonds is 9. The number of ketones is 1. The second kappa shape index (κ2) is 7.79. The van der Waals surface area contributed by atoms with Crippen LogP contribution in [0.5, 0.6) is 0 Å². The molecule has 0 radical (unpaired) electrons. The molecule has 96 valence electrons. The number of Topliss-reactive ketones (excluding diaryl/α,β-unsaturated/α-hetero) is 1. The molecule has 0 aromatic carbocycles. The number of sulfone groups is 1. The van der Waals surface area contributed by atoms with Crippen LogP contribution < -0.4 is 5.73 Å². The number of hydrogen-bond donors (Lipinski definition) is 1. The molecule has 0 fully saturated rings. The van der Waals surface area contributed by atoms with E-state index in [1.807, 2.05) is 13.8 Å². The van der Waals surface area contributed by atoms with Crippen molar-refractivity contribution in [1.82, 2.24) is 0 Å². The summed E-state index contributed by atoms with van der Waals surface area (Å²) in [4.78, 5) is 11.4. The van der Waals surface area contributed by atoms with Crippen LogP contribution in [-0.2, 0) is 14.6 Å². The van der Waals surface area contributed by atoms with E-state index < -0.39 is 9.84 Å². The number of nitrogens with two attached hydrogens (primary N) is 1. The minimum Gasteiger partial charge on any atom is -0.327 e. The summed E-state index contributed by atoms with van der Waals surface area (Å²) in [5.74, 6) is 0.0976. The fourth-order valence-electron chi connectivity index (χ4n) is 1.55. The highest BCUT2D eigenvalue weighted by atomic mass is 32.2. The molecule has 0 spiro atoms. The van der Waals surface area contributed by atoms with Crippen molar-refractivity contribution in [3.8, 4) is 0 Å². The van der Waals surface area contributed by atoms with E-state index in [0.29, 0.717) is 12.8 Å². The molecule has 0 aromatic rings. The molecular formula is C11H23NO3S. The largest absolute Gasteiger partial charge is 0.327 e. The van der Waals surface area contributed by atoms with Gasteiger partial charge in [-0.1, -0.05) is 20.3 Å². The van der Waals surface area contributed by atoms with Gasteiger partial charge < -0.3 is 5.73 Å². The summed E-state index contributed by atoms with van der Waals surface area (Å²) in [5, 5.41) is 0. The van der Waals surface area contributed by atoms with Crippen LogP contribution in [0.25, 0.3) is 0 Å². The van der Waals surface area contributed by atoms with Gasteiger partial charge in [-0.3, -0.25) is 4.79 Å². The maximum atomic E-state index is 11.4. The lowest BCUT2D eigenvalue weighted by molar-refractivity contribution is -0.119. The second-order valence-electron chi connectivity index (χ2n) is 4.19. The monoisotopic (exact) mass is 249 g/mol. The first kappa shape index (κ1) is 15.6. The predicted molar refractivity (Wildman–Crippen MR) is 66.1 cm³/mol. The third kappa shape index (κ3) is 7.82. The molecule has 0 aliphatic heterocycles. The zero-order valence-corrected chi connectivity index (χ0v) is 11.1. The van der Waals surface area contributed by atoms with Gasteiger partial charge in [0.2, 0.25) is 0 Å². The van der Waals surface area contributed by atoms with Crippen LogP contribution in [0.1, 0.15) is 46.0 Å². The van der Waals surface area contributed by atoms with Gasteiger partial charge in [0.1, 0.15) is 5.78 Å². The van der Waals surface area contributed by atoms with Crippen molar-refractivity contribution in [3.63, 3.8) is 0 Å². The van der Waals surface area contributed by atoms with Crippen molar-refractivity contribution < 1.29 is 13.2 Å².